The van der Waals surface area contributed by atoms with Gasteiger partial charge in [-0.2, -0.15) is 10.1 Å². The minimum absolute atomic E-state index is 0.259. The average molecular weight is 353 g/mol. The van der Waals surface area contributed by atoms with E-state index in [4.69, 9.17) is 4.52 Å². The number of amides is 1. The maximum absolute atomic E-state index is 12.4. The van der Waals surface area contributed by atoms with Crippen LogP contribution in [0.15, 0.2) is 35.1 Å². The molecule has 1 amide bonds. The predicted molar refractivity (Wildman–Crippen MR) is 92.2 cm³/mol. The van der Waals surface area contributed by atoms with E-state index >= 15 is 0 Å². The molecule has 1 aromatic carbocycles. The number of nitrogens with one attached hydrogen (secondary N) is 1. The molecule has 2 heterocycles. The Bertz CT molecular complexity index is 961. The highest BCUT2D eigenvalue weighted by atomic mass is 16.5. The first-order valence-corrected chi connectivity index (χ1v) is 8.48. The molecule has 4 rings (SSSR count). The Kier molecular flexibility index (Phi) is 4.04. The Morgan fingerprint density at radius 1 is 1.46 bits per heavy atom. The normalized spacial score (nSPS) is 18.7. The van der Waals surface area contributed by atoms with Crippen LogP contribution < -0.4 is 5.32 Å². The number of carbonyl (C=O) groups excluding carboxylic acids is 1. The zero-order valence-corrected chi connectivity index (χ0v) is 14.5. The lowest BCUT2D eigenvalue weighted by Gasteiger charge is -2.17. The van der Waals surface area contributed by atoms with E-state index in [9.17, 15) is 9.90 Å². The van der Waals surface area contributed by atoms with Crippen LogP contribution in [0, 0.1) is 0 Å². The first-order chi connectivity index (χ1) is 12.5. The van der Waals surface area contributed by atoms with E-state index in [0.29, 0.717) is 30.1 Å². The van der Waals surface area contributed by atoms with Crippen molar-refractivity contribution in [2.75, 3.05) is 0 Å². The van der Waals surface area contributed by atoms with Gasteiger partial charge in [0.05, 0.1) is 23.9 Å². The summed E-state index contributed by atoms with van der Waals surface area (Å²) < 4.78 is 6.72. The number of aliphatic hydroxyl groups excluding tert-OH is 1. The second-order valence-electron chi connectivity index (χ2n) is 6.40. The molecule has 0 fully saturated rings. The summed E-state index contributed by atoms with van der Waals surface area (Å²) in [6.45, 7) is 1.95. The summed E-state index contributed by atoms with van der Waals surface area (Å²) in [4.78, 5) is 16.7. The first kappa shape index (κ1) is 16.5. The third-order valence-electron chi connectivity index (χ3n) is 4.57. The van der Waals surface area contributed by atoms with E-state index in [2.05, 4.69) is 20.6 Å². The van der Waals surface area contributed by atoms with Crippen LogP contribution in [0.1, 0.15) is 40.3 Å². The SMILES string of the molecule is CCc1nc(-c2ccc3c(c2)C[C@H](O)[C@H]3NC(=O)c2cnn(C)c2)no1. The average Bonchev–Trinajstić information content (AvgIpc) is 3.34. The van der Waals surface area contributed by atoms with Crippen molar-refractivity contribution in [1.82, 2.24) is 25.2 Å². The maximum atomic E-state index is 12.4. The molecule has 8 nitrogen and oxygen atoms in total. The van der Waals surface area contributed by atoms with Gasteiger partial charge in [-0.05, 0) is 17.2 Å². The summed E-state index contributed by atoms with van der Waals surface area (Å²) >= 11 is 0. The summed E-state index contributed by atoms with van der Waals surface area (Å²) in [5, 5.41) is 21.3. The summed E-state index contributed by atoms with van der Waals surface area (Å²) in [5.41, 5.74) is 3.16. The molecule has 0 unspecified atom stereocenters. The van der Waals surface area contributed by atoms with Crippen LogP contribution in [0.4, 0.5) is 0 Å². The zero-order valence-electron chi connectivity index (χ0n) is 14.5. The zero-order chi connectivity index (χ0) is 18.3. The van der Waals surface area contributed by atoms with Crippen LogP contribution >= 0.6 is 0 Å². The molecule has 1 aliphatic carbocycles. The molecule has 0 radical (unpaired) electrons. The lowest BCUT2D eigenvalue weighted by molar-refractivity contribution is 0.0858. The first-order valence-electron chi connectivity index (χ1n) is 8.48. The fourth-order valence-corrected chi connectivity index (χ4v) is 3.23. The number of benzene rings is 1. The molecule has 0 saturated heterocycles. The van der Waals surface area contributed by atoms with Crippen LogP contribution in [0.25, 0.3) is 11.4 Å². The Morgan fingerprint density at radius 2 is 2.31 bits per heavy atom. The topological polar surface area (TPSA) is 106 Å². The third-order valence-corrected chi connectivity index (χ3v) is 4.57. The Labute approximate surface area is 149 Å². The molecule has 26 heavy (non-hydrogen) atoms. The van der Waals surface area contributed by atoms with Gasteiger partial charge in [0.15, 0.2) is 0 Å². The Morgan fingerprint density at radius 3 is 3.00 bits per heavy atom. The van der Waals surface area contributed by atoms with Gasteiger partial charge in [0.1, 0.15) is 0 Å². The molecule has 2 aromatic heterocycles. The van der Waals surface area contributed by atoms with Gasteiger partial charge in [-0.1, -0.05) is 24.2 Å². The molecule has 3 aromatic rings. The summed E-state index contributed by atoms with van der Waals surface area (Å²) in [6, 6.07) is 5.27. The number of aryl methyl sites for hydroxylation is 2. The largest absolute Gasteiger partial charge is 0.390 e. The fraction of sp³-hybridized carbons (Fsp3) is 0.333. The monoisotopic (exact) mass is 353 g/mol. The summed E-state index contributed by atoms with van der Waals surface area (Å²) in [5.74, 6) is 0.856. The van der Waals surface area contributed by atoms with Gasteiger partial charge < -0.3 is 14.9 Å². The highest BCUT2D eigenvalue weighted by Gasteiger charge is 2.33. The summed E-state index contributed by atoms with van der Waals surface area (Å²) in [6.07, 6.45) is 3.60. The van der Waals surface area contributed by atoms with Gasteiger partial charge >= 0.3 is 0 Å². The number of carbonyl (C=O) groups is 1. The van der Waals surface area contributed by atoms with Crippen molar-refractivity contribution in [1.29, 1.82) is 0 Å². The molecule has 134 valence electrons. The minimum Gasteiger partial charge on any atom is -0.390 e. The fourth-order valence-electron chi connectivity index (χ4n) is 3.23. The van der Waals surface area contributed by atoms with Gasteiger partial charge in [0, 0.05) is 31.6 Å². The molecular formula is C18H19N5O3. The molecular weight excluding hydrogens is 334 g/mol. The van der Waals surface area contributed by atoms with Crippen LogP contribution in [0.2, 0.25) is 0 Å². The number of hydrogen-bond donors (Lipinski definition) is 2. The molecule has 1 aliphatic rings. The number of fused-ring (bicyclic) bond motifs is 1. The van der Waals surface area contributed by atoms with Gasteiger partial charge in [0.25, 0.3) is 5.91 Å². The number of rotatable bonds is 4. The van der Waals surface area contributed by atoms with Crippen LogP contribution in [-0.4, -0.2) is 37.0 Å². The Hall–Kier alpha value is -3.00. The lowest BCUT2D eigenvalue weighted by atomic mass is 10.0. The molecule has 2 atom stereocenters. The van der Waals surface area contributed by atoms with Crippen molar-refractivity contribution in [3.8, 4) is 11.4 Å². The van der Waals surface area contributed by atoms with Gasteiger partial charge in [0.2, 0.25) is 11.7 Å². The van der Waals surface area contributed by atoms with Crippen molar-refractivity contribution in [3.63, 3.8) is 0 Å². The second-order valence-corrected chi connectivity index (χ2v) is 6.40. The number of aliphatic hydroxyl groups is 1. The quantitative estimate of drug-likeness (QED) is 0.735. The van der Waals surface area contributed by atoms with E-state index < -0.39 is 12.1 Å². The van der Waals surface area contributed by atoms with Gasteiger partial charge in [-0.15, -0.1) is 0 Å². The van der Waals surface area contributed by atoms with Crippen molar-refractivity contribution in [2.24, 2.45) is 7.05 Å². The Balaban J connectivity index is 1.58. The van der Waals surface area contributed by atoms with Crippen LogP contribution in [-0.2, 0) is 19.9 Å². The molecule has 0 aliphatic heterocycles. The summed E-state index contributed by atoms with van der Waals surface area (Å²) in [7, 11) is 1.75. The van der Waals surface area contributed by atoms with E-state index in [1.807, 2.05) is 25.1 Å². The maximum Gasteiger partial charge on any atom is 0.255 e. The minimum atomic E-state index is -0.683. The standard InChI is InChI=1S/C18H19N5O3/c1-3-15-20-17(22-26-15)10-4-5-13-11(6-10)7-14(24)16(13)21-18(25)12-8-19-23(2)9-12/h4-6,8-9,14,16,24H,3,7H2,1-2H3,(H,21,25)/t14-,16-/m0/s1. The van der Waals surface area contributed by atoms with E-state index in [0.717, 1.165) is 16.7 Å². The molecule has 0 bridgehead atoms. The van der Waals surface area contributed by atoms with Gasteiger partial charge in [-0.25, -0.2) is 0 Å². The molecule has 0 saturated carbocycles. The number of hydrogen-bond acceptors (Lipinski definition) is 6. The van der Waals surface area contributed by atoms with Crippen molar-refractivity contribution < 1.29 is 14.4 Å². The predicted octanol–water partition coefficient (Wildman–Crippen LogP) is 1.42. The molecule has 8 heteroatoms. The van der Waals surface area contributed by atoms with E-state index in [-0.39, 0.29) is 5.91 Å². The number of aromatic nitrogens is 4. The van der Waals surface area contributed by atoms with Crippen molar-refractivity contribution >= 4 is 5.91 Å². The highest BCUT2D eigenvalue weighted by Crippen LogP contribution is 2.34. The van der Waals surface area contributed by atoms with Crippen molar-refractivity contribution in [3.05, 3.63) is 53.2 Å². The molecule has 2 N–H and O–H groups in total. The lowest BCUT2D eigenvalue weighted by Crippen LogP contribution is -2.33. The number of nitrogens with zero attached hydrogens (tertiary/aromatic N) is 4. The van der Waals surface area contributed by atoms with Crippen molar-refractivity contribution in [2.45, 2.75) is 31.9 Å². The van der Waals surface area contributed by atoms with Gasteiger partial charge in [-0.3, -0.25) is 9.48 Å². The van der Waals surface area contributed by atoms with E-state index in [1.165, 1.54) is 6.20 Å². The third kappa shape index (κ3) is 2.88. The highest BCUT2D eigenvalue weighted by molar-refractivity contribution is 5.94. The van der Waals surface area contributed by atoms with E-state index in [1.54, 1.807) is 17.9 Å². The second kappa shape index (κ2) is 6.38. The molecule has 0 spiro atoms. The van der Waals surface area contributed by atoms with Crippen LogP contribution in [0.5, 0.6) is 0 Å². The smallest absolute Gasteiger partial charge is 0.255 e. The van der Waals surface area contributed by atoms with Crippen LogP contribution in [0.3, 0.4) is 0 Å².